The molecular formula is C18H33NO. The Balaban J connectivity index is 1.67. The molecule has 0 aromatic heterocycles. The smallest absolute Gasteiger partial charge is 0.0817 e. The van der Waals surface area contributed by atoms with E-state index in [1.807, 2.05) is 0 Å². The van der Waals surface area contributed by atoms with Gasteiger partial charge in [0.25, 0.3) is 0 Å². The van der Waals surface area contributed by atoms with E-state index in [0.29, 0.717) is 0 Å². The van der Waals surface area contributed by atoms with Gasteiger partial charge in [-0.15, -0.1) is 0 Å². The highest BCUT2D eigenvalue weighted by atomic mass is 16.5. The first-order valence-electron chi connectivity index (χ1n) is 9.02. The molecule has 2 unspecified atom stereocenters. The minimum absolute atomic E-state index is 0.174. The molecule has 2 atom stereocenters. The van der Waals surface area contributed by atoms with Crippen LogP contribution in [0.4, 0.5) is 0 Å². The molecular weight excluding hydrogens is 246 g/mol. The van der Waals surface area contributed by atoms with E-state index in [4.69, 9.17) is 4.74 Å². The lowest BCUT2D eigenvalue weighted by atomic mass is 9.72. The molecule has 3 fully saturated rings. The zero-order valence-electron chi connectivity index (χ0n) is 13.5. The van der Waals surface area contributed by atoms with Gasteiger partial charge in [0.1, 0.15) is 0 Å². The summed E-state index contributed by atoms with van der Waals surface area (Å²) >= 11 is 0. The molecule has 2 nitrogen and oxygen atoms in total. The molecule has 1 aliphatic heterocycles. The Morgan fingerprint density at radius 1 is 1.00 bits per heavy atom. The molecule has 1 heterocycles. The molecule has 0 amide bonds. The van der Waals surface area contributed by atoms with E-state index in [0.717, 1.165) is 24.9 Å². The van der Waals surface area contributed by atoms with Crippen molar-refractivity contribution in [3.05, 3.63) is 0 Å². The zero-order valence-corrected chi connectivity index (χ0v) is 13.5. The predicted molar refractivity (Wildman–Crippen MR) is 83.9 cm³/mol. The number of hydrogen-bond donors (Lipinski definition) is 1. The monoisotopic (exact) mass is 279 g/mol. The van der Waals surface area contributed by atoms with E-state index in [1.165, 1.54) is 64.2 Å². The molecule has 1 N–H and O–H groups in total. The Kier molecular flexibility index (Phi) is 4.42. The van der Waals surface area contributed by atoms with Crippen LogP contribution >= 0.6 is 0 Å². The normalized spacial score (nSPS) is 37.6. The quantitative estimate of drug-likeness (QED) is 0.814. The summed E-state index contributed by atoms with van der Waals surface area (Å²) in [6.45, 7) is 6.93. The van der Waals surface area contributed by atoms with Gasteiger partial charge >= 0.3 is 0 Å². The molecule has 0 aromatic rings. The number of hydrogen-bond acceptors (Lipinski definition) is 2. The third-order valence-corrected chi connectivity index (χ3v) is 5.80. The first-order valence-corrected chi connectivity index (χ1v) is 9.02. The Bertz CT molecular complexity index is 312. The van der Waals surface area contributed by atoms with Crippen LogP contribution in [0.5, 0.6) is 0 Å². The third-order valence-electron chi connectivity index (χ3n) is 5.80. The van der Waals surface area contributed by atoms with Crippen LogP contribution in [0, 0.1) is 11.8 Å². The molecule has 0 aromatic carbocycles. The van der Waals surface area contributed by atoms with Crippen molar-refractivity contribution >= 4 is 0 Å². The highest BCUT2D eigenvalue weighted by Gasteiger charge is 2.47. The zero-order chi connectivity index (χ0) is 14.1. The van der Waals surface area contributed by atoms with Crippen LogP contribution in [-0.2, 0) is 4.74 Å². The van der Waals surface area contributed by atoms with E-state index >= 15 is 0 Å². The van der Waals surface area contributed by atoms with Gasteiger partial charge in [-0.1, -0.05) is 46.0 Å². The Labute approximate surface area is 125 Å². The summed E-state index contributed by atoms with van der Waals surface area (Å²) in [5.41, 5.74) is 0.365. The average Bonchev–Trinajstić information content (AvgIpc) is 2.38. The molecule has 3 aliphatic rings. The number of ether oxygens (including phenoxy) is 1. The van der Waals surface area contributed by atoms with Gasteiger partial charge < -0.3 is 10.1 Å². The van der Waals surface area contributed by atoms with E-state index in [-0.39, 0.29) is 11.2 Å². The van der Waals surface area contributed by atoms with E-state index in [9.17, 15) is 0 Å². The molecule has 0 radical (unpaired) electrons. The highest BCUT2D eigenvalue weighted by Crippen LogP contribution is 2.45. The van der Waals surface area contributed by atoms with E-state index in [1.54, 1.807) is 0 Å². The van der Waals surface area contributed by atoms with E-state index in [2.05, 4.69) is 19.2 Å². The lowest BCUT2D eigenvalue weighted by molar-refractivity contribution is -0.208. The minimum atomic E-state index is 0.174. The largest absolute Gasteiger partial charge is 0.366 e. The van der Waals surface area contributed by atoms with Crippen LogP contribution in [0.2, 0.25) is 0 Å². The summed E-state index contributed by atoms with van der Waals surface area (Å²) in [4.78, 5) is 0. The summed E-state index contributed by atoms with van der Waals surface area (Å²) in [7, 11) is 0. The van der Waals surface area contributed by atoms with Crippen molar-refractivity contribution in [2.45, 2.75) is 89.3 Å². The average molecular weight is 279 g/mol. The van der Waals surface area contributed by atoms with Gasteiger partial charge in [-0.25, -0.2) is 0 Å². The predicted octanol–water partition coefficient (Wildman–Crippen LogP) is 4.28. The van der Waals surface area contributed by atoms with E-state index < -0.39 is 0 Å². The molecule has 0 bridgehead atoms. The van der Waals surface area contributed by atoms with Gasteiger partial charge in [-0.2, -0.15) is 0 Å². The molecule has 116 valence electrons. The summed E-state index contributed by atoms with van der Waals surface area (Å²) in [5.74, 6) is 1.72. The van der Waals surface area contributed by atoms with Crippen LogP contribution in [0.1, 0.15) is 78.1 Å². The molecule has 1 saturated heterocycles. The van der Waals surface area contributed by atoms with Crippen molar-refractivity contribution in [2.75, 3.05) is 13.1 Å². The first kappa shape index (κ1) is 14.8. The Morgan fingerprint density at radius 2 is 1.70 bits per heavy atom. The molecule has 20 heavy (non-hydrogen) atoms. The lowest BCUT2D eigenvalue weighted by Gasteiger charge is -2.53. The SMILES string of the molecule is CC(C)CC1CCCC2(CNCC3(CCCCC3)O2)C1. The third kappa shape index (κ3) is 3.22. The van der Waals surface area contributed by atoms with Crippen LogP contribution in [0.3, 0.4) is 0 Å². The van der Waals surface area contributed by atoms with Crippen molar-refractivity contribution in [1.82, 2.24) is 5.32 Å². The van der Waals surface area contributed by atoms with Crippen molar-refractivity contribution in [1.29, 1.82) is 0 Å². The summed E-state index contributed by atoms with van der Waals surface area (Å²) in [6.07, 6.45) is 13.5. The van der Waals surface area contributed by atoms with Gasteiger partial charge in [0.15, 0.2) is 0 Å². The molecule has 2 heteroatoms. The van der Waals surface area contributed by atoms with Gasteiger partial charge in [0.05, 0.1) is 11.2 Å². The maximum atomic E-state index is 6.89. The second-order valence-electron chi connectivity index (χ2n) is 8.22. The van der Waals surface area contributed by atoms with Crippen LogP contribution in [-0.4, -0.2) is 24.3 Å². The molecule has 3 rings (SSSR count). The van der Waals surface area contributed by atoms with Crippen LogP contribution in [0.15, 0.2) is 0 Å². The molecule has 2 saturated carbocycles. The van der Waals surface area contributed by atoms with Crippen LogP contribution in [0.25, 0.3) is 0 Å². The number of rotatable bonds is 2. The fourth-order valence-corrected chi connectivity index (χ4v) is 5.09. The highest BCUT2D eigenvalue weighted by molar-refractivity contribution is 5.00. The van der Waals surface area contributed by atoms with Crippen molar-refractivity contribution in [3.8, 4) is 0 Å². The summed E-state index contributed by atoms with van der Waals surface area (Å²) < 4.78 is 6.89. The van der Waals surface area contributed by atoms with Crippen LogP contribution < -0.4 is 5.32 Å². The standard InChI is InChI=1S/C18H33NO/c1-15(2)11-16-7-6-10-18(12-16)14-19-13-17(20-18)8-4-3-5-9-17/h15-16,19H,3-14H2,1-2H3. The maximum absolute atomic E-state index is 6.89. The second kappa shape index (κ2) is 5.96. The Morgan fingerprint density at radius 3 is 2.45 bits per heavy atom. The van der Waals surface area contributed by atoms with Crippen molar-refractivity contribution in [2.24, 2.45) is 11.8 Å². The van der Waals surface area contributed by atoms with Gasteiger partial charge in [-0.05, 0) is 43.9 Å². The minimum Gasteiger partial charge on any atom is -0.366 e. The fraction of sp³-hybridized carbons (Fsp3) is 1.00. The second-order valence-corrected chi connectivity index (χ2v) is 8.22. The molecule has 2 aliphatic carbocycles. The fourth-order valence-electron chi connectivity index (χ4n) is 5.09. The first-order chi connectivity index (χ1) is 9.62. The Hall–Kier alpha value is -0.0800. The maximum Gasteiger partial charge on any atom is 0.0817 e. The summed E-state index contributed by atoms with van der Waals surface area (Å²) in [5, 5.41) is 3.75. The van der Waals surface area contributed by atoms with Gasteiger partial charge in [0.2, 0.25) is 0 Å². The lowest BCUT2D eigenvalue weighted by Crippen LogP contribution is -2.62. The number of morpholine rings is 1. The molecule has 2 spiro atoms. The van der Waals surface area contributed by atoms with Gasteiger partial charge in [0, 0.05) is 13.1 Å². The van der Waals surface area contributed by atoms with Gasteiger partial charge in [-0.3, -0.25) is 0 Å². The topological polar surface area (TPSA) is 21.3 Å². The summed E-state index contributed by atoms with van der Waals surface area (Å²) in [6, 6.07) is 0. The number of nitrogens with one attached hydrogen (secondary N) is 1. The van der Waals surface area contributed by atoms with Crippen molar-refractivity contribution < 1.29 is 4.74 Å². The van der Waals surface area contributed by atoms with Crippen molar-refractivity contribution in [3.63, 3.8) is 0 Å².